The van der Waals surface area contributed by atoms with E-state index in [1.807, 2.05) is 30.3 Å². The van der Waals surface area contributed by atoms with Gasteiger partial charge in [0, 0.05) is 24.0 Å². The molecule has 0 aromatic heterocycles. The topological polar surface area (TPSA) is 86.8 Å². The Hall–Kier alpha value is -2.49. The van der Waals surface area contributed by atoms with E-state index in [1.165, 1.54) is 23.1 Å². The highest BCUT2D eigenvalue weighted by Gasteiger charge is 2.34. The molecule has 7 nitrogen and oxygen atoms in total. The van der Waals surface area contributed by atoms with E-state index in [4.69, 9.17) is 46.4 Å². The van der Waals surface area contributed by atoms with Gasteiger partial charge < -0.3 is 10.2 Å². The molecule has 2 amide bonds. The molecular formula is C30H31Cl4N3O4S. The molecule has 3 aromatic rings. The summed E-state index contributed by atoms with van der Waals surface area (Å²) in [5.74, 6) is -0.920. The standard InChI is InChI=1S/C30H31Cl4N3O4S/c1-42(40,41)37(27-17-22(31)12-14-25(27)33)19-29(38)36(18-21-11-13-24(32)26(34)15-21)28(16-20-7-3-2-4-8-20)30(39)35-23-9-5-6-10-23/h2-4,7-8,11-15,17,23,28H,5-6,9-10,16,18-19H2,1H3,(H,35,39). The summed E-state index contributed by atoms with van der Waals surface area (Å²) in [6.07, 6.45) is 4.95. The highest BCUT2D eigenvalue weighted by molar-refractivity contribution is 7.92. The minimum Gasteiger partial charge on any atom is -0.352 e. The highest BCUT2D eigenvalue weighted by atomic mass is 35.5. The summed E-state index contributed by atoms with van der Waals surface area (Å²) >= 11 is 24.9. The Balaban J connectivity index is 1.76. The number of carbonyl (C=O) groups excluding carboxylic acids is 2. The fraction of sp³-hybridized carbons (Fsp3) is 0.333. The number of sulfonamides is 1. The number of anilines is 1. The molecule has 0 aliphatic heterocycles. The van der Waals surface area contributed by atoms with E-state index in [1.54, 1.807) is 18.2 Å². The first-order valence-corrected chi connectivity index (χ1v) is 16.8. The SMILES string of the molecule is CS(=O)(=O)N(CC(=O)N(Cc1ccc(Cl)c(Cl)c1)C(Cc1ccccc1)C(=O)NC1CCCC1)c1cc(Cl)ccc1Cl. The van der Waals surface area contributed by atoms with Gasteiger partial charge in [0.1, 0.15) is 12.6 Å². The Morgan fingerprint density at radius 2 is 1.55 bits per heavy atom. The van der Waals surface area contributed by atoms with Gasteiger partial charge >= 0.3 is 0 Å². The molecule has 4 rings (SSSR count). The molecule has 0 bridgehead atoms. The summed E-state index contributed by atoms with van der Waals surface area (Å²) in [5.41, 5.74) is 1.52. The second-order valence-electron chi connectivity index (χ2n) is 10.3. The Morgan fingerprint density at radius 3 is 2.19 bits per heavy atom. The van der Waals surface area contributed by atoms with Gasteiger partial charge in [-0.05, 0) is 54.3 Å². The number of nitrogens with one attached hydrogen (secondary N) is 1. The third kappa shape index (κ3) is 8.54. The van der Waals surface area contributed by atoms with Crippen LogP contribution in [0.1, 0.15) is 36.8 Å². The van der Waals surface area contributed by atoms with Crippen molar-refractivity contribution in [2.24, 2.45) is 0 Å². The maximum Gasteiger partial charge on any atom is 0.244 e. The van der Waals surface area contributed by atoms with Crippen LogP contribution in [0.3, 0.4) is 0 Å². The smallest absolute Gasteiger partial charge is 0.244 e. The minimum atomic E-state index is -3.99. The summed E-state index contributed by atoms with van der Waals surface area (Å²) in [7, 11) is -3.99. The molecule has 1 atom stereocenters. The van der Waals surface area contributed by atoms with Crippen molar-refractivity contribution in [3.63, 3.8) is 0 Å². The average molecular weight is 671 g/mol. The van der Waals surface area contributed by atoms with Crippen LogP contribution in [0.25, 0.3) is 0 Å². The number of amides is 2. The summed E-state index contributed by atoms with van der Waals surface area (Å²) < 4.78 is 26.8. The van der Waals surface area contributed by atoms with Crippen LogP contribution in [0.15, 0.2) is 66.7 Å². The van der Waals surface area contributed by atoms with Gasteiger partial charge in [-0.15, -0.1) is 0 Å². The average Bonchev–Trinajstić information content (AvgIpc) is 3.45. The van der Waals surface area contributed by atoms with Gasteiger partial charge in [-0.2, -0.15) is 0 Å². The summed E-state index contributed by atoms with van der Waals surface area (Å²) in [6.45, 7) is -0.631. The summed E-state index contributed by atoms with van der Waals surface area (Å²) in [6, 6.07) is 17.7. The lowest BCUT2D eigenvalue weighted by Gasteiger charge is -2.34. The van der Waals surface area contributed by atoms with Crippen molar-refractivity contribution in [2.45, 2.75) is 50.7 Å². The van der Waals surface area contributed by atoms with Crippen molar-refractivity contribution in [1.29, 1.82) is 0 Å². The summed E-state index contributed by atoms with van der Waals surface area (Å²) in [5, 5.41) is 4.11. The molecule has 1 N–H and O–H groups in total. The molecule has 3 aromatic carbocycles. The predicted molar refractivity (Wildman–Crippen MR) is 170 cm³/mol. The largest absolute Gasteiger partial charge is 0.352 e. The lowest BCUT2D eigenvalue weighted by Crippen LogP contribution is -2.54. The second kappa shape index (κ2) is 14.3. The van der Waals surface area contributed by atoms with E-state index in [-0.39, 0.29) is 40.6 Å². The first-order valence-electron chi connectivity index (χ1n) is 13.4. The normalized spacial score (nSPS) is 14.4. The van der Waals surface area contributed by atoms with Gasteiger partial charge in [-0.3, -0.25) is 13.9 Å². The summed E-state index contributed by atoms with van der Waals surface area (Å²) in [4.78, 5) is 29.5. The van der Waals surface area contributed by atoms with Crippen LogP contribution < -0.4 is 9.62 Å². The molecule has 1 saturated carbocycles. The van der Waals surface area contributed by atoms with Crippen molar-refractivity contribution in [1.82, 2.24) is 10.2 Å². The monoisotopic (exact) mass is 669 g/mol. The van der Waals surface area contributed by atoms with Crippen LogP contribution in [0.4, 0.5) is 5.69 Å². The van der Waals surface area contributed by atoms with Gasteiger partial charge in [0.15, 0.2) is 0 Å². The molecule has 12 heteroatoms. The molecule has 1 aliphatic rings. The molecule has 1 fully saturated rings. The number of hydrogen-bond acceptors (Lipinski definition) is 4. The molecule has 0 spiro atoms. The number of benzene rings is 3. The van der Waals surface area contributed by atoms with Crippen LogP contribution in [0, 0.1) is 0 Å². The van der Waals surface area contributed by atoms with E-state index in [0.717, 1.165) is 41.8 Å². The fourth-order valence-electron chi connectivity index (χ4n) is 5.03. The van der Waals surface area contributed by atoms with Crippen LogP contribution >= 0.6 is 46.4 Å². The molecule has 0 radical (unpaired) electrons. The Morgan fingerprint density at radius 1 is 0.881 bits per heavy atom. The Kier molecular flexibility index (Phi) is 11.1. The number of rotatable bonds is 11. The third-order valence-corrected chi connectivity index (χ3v) is 9.59. The van der Waals surface area contributed by atoms with Gasteiger partial charge in [0.2, 0.25) is 21.8 Å². The minimum absolute atomic E-state index is 0.00971. The zero-order valence-corrected chi connectivity index (χ0v) is 26.7. The predicted octanol–water partition coefficient (Wildman–Crippen LogP) is 6.77. The molecule has 42 heavy (non-hydrogen) atoms. The van der Waals surface area contributed by atoms with Gasteiger partial charge in [0.05, 0.1) is 27.0 Å². The maximum absolute atomic E-state index is 14.2. The molecule has 0 heterocycles. The van der Waals surface area contributed by atoms with Crippen LogP contribution in [0.2, 0.25) is 20.1 Å². The van der Waals surface area contributed by atoms with Crippen LogP contribution in [-0.4, -0.2) is 50.0 Å². The Bertz CT molecular complexity index is 1530. The quantitative estimate of drug-likeness (QED) is 0.244. The first-order chi connectivity index (χ1) is 19.9. The van der Waals surface area contributed by atoms with Crippen molar-refractivity contribution in [2.75, 3.05) is 17.1 Å². The van der Waals surface area contributed by atoms with E-state index >= 15 is 0 Å². The van der Waals surface area contributed by atoms with Gasteiger partial charge in [-0.1, -0.05) is 95.6 Å². The van der Waals surface area contributed by atoms with Gasteiger partial charge in [-0.25, -0.2) is 8.42 Å². The lowest BCUT2D eigenvalue weighted by atomic mass is 10.0. The van der Waals surface area contributed by atoms with Crippen molar-refractivity contribution < 1.29 is 18.0 Å². The van der Waals surface area contributed by atoms with Crippen LogP contribution in [0.5, 0.6) is 0 Å². The highest BCUT2D eigenvalue weighted by Crippen LogP contribution is 2.31. The maximum atomic E-state index is 14.2. The molecule has 0 saturated heterocycles. The van der Waals surface area contributed by atoms with E-state index in [2.05, 4.69) is 5.32 Å². The first kappa shape index (κ1) is 32.4. The number of halogens is 4. The van der Waals surface area contributed by atoms with E-state index < -0.39 is 28.5 Å². The number of nitrogens with zero attached hydrogens (tertiary/aromatic N) is 2. The second-order valence-corrected chi connectivity index (χ2v) is 13.9. The van der Waals surface area contributed by atoms with E-state index in [9.17, 15) is 18.0 Å². The molecule has 224 valence electrons. The third-order valence-electron chi connectivity index (χ3n) is 7.17. The van der Waals surface area contributed by atoms with E-state index in [0.29, 0.717) is 15.6 Å². The number of hydrogen-bond donors (Lipinski definition) is 1. The van der Waals surface area contributed by atoms with Gasteiger partial charge in [0.25, 0.3) is 0 Å². The zero-order chi connectivity index (χ0) is 30.4. The van der Waals surface area contributed by atoms with Crippen molar-refractivity contribution >= 4 is 73.9 Å². The van der Waals surface area contributed by atoms with Crippen LogP contribution in [-0.2, 0) is 32.6 Å². The molecular weight excluding hydrogens is 640 g/mol. The lowest BCUT2D eigenvalue weighted by molar-refractivity contribution is -0.140. The number of carbonyl (C=O) groups is 2. The molecule has 1 unspecified atom stereocenters. The van der Waals surface area contributed by atoms with Crippen molar-refractivity contribution in [3.05, 3.63) is 97.9 Å². The zero-order valence-electron chi connectivity index (χ0n) is 22.9. The Labute approximate surface area is 266 Å². The van der Waals surface area contributed by atoms with Crippen molar-refractivity contribution in [3.8, 4) is 0 Å². The fourth-order valence-corrected chi connectivity index (χ4v) is 6.64. The molecule has 1 aliphatic carbocycles.